The first kappa shape index (κ1) is 10.7. The highest BCUT2D eigenvalue weighted by Gasteiger charge is 2.17. The van der Waals surface area contributed by atoms with Crippen molar-refractivity contribution in [2.45, 2.75) is 12.3 Å². The van der Waals surface area contributed by atoms with Crippen LogP contribution in [-0.4, -0.2) is 4.98 Å². The SMILES string of the molecule is Nc1c(C(F)F)ncc(Br)c1CCl. The van der Waals surface area contributed by atoms with E-state index in [4.69, 9.17) is 17.3 Å². The minimum atomic E-state index is -2.67. The number of alkyl halides is 3. The summed E-state index contributed by atoms with van der Waals surface area (Å²) in [7, 11) is 0. The average molecular weight is 271 g/mol. The van der Waals surface area contributed by atoms with Gasteiger partial charge in [0.25, 0.3) is 6.43 Å². The maximum atomic E-state index is 12.3. The molecule has 1 aromatic rings. The molecule has 2 N–H and O–H groups in total. The van der Waals surface area contributed by atoms with Crippen LogP contribution in [0.4, 0.5) is 14.5 Å². The highest BCUT2D eigenvalue weighted by atomic mass is 79.9. The van der Waals surface area contributed by atoms with E-state index in [1.165, 1.54) is 6.20 Å². The van der Waals surface area contributed by atoms with Crippen molar-refractivity contribution in [2.75, 3.05) is 5.73 Å². The summed E-state index contributed by atoms with van der Waals surface area (Å²) in [5.74, 6) is 0.0780. The molecule has 13 heavy (non-hydrogen) atoms. The number of hydrogen-bond acceptors (Lipinski definition) is 2. The van der Waals surface area contributed by atoms with E-state index in [0.717, 1.165) is 0 Å². The Morgan fingerprint density at radius 3 is 2.69 bits per heavy atom. The van der Waals surface area contributed by atoms with Crippen molar-refractivity contribution in [1.29, 1.82) is 0 Å². The minimum Gasteiger partial charge on any atom is -0.397 e. The lowest BCUT2D eigenvalue weighted by molar-refractivity contribution is 0.147. The third kappa shape index (κ3) is 2.08. The highest BCUT2D eigenvalue weighted by Crippen LogP contribution is 2.30. The number of nitrogens with two attached hydrogens (primary N) is 1. The number of hydrogen-bond donors (Lipinski definition) is 1. The van der Waals surface area contributed by atoms with E-state index in [9.17, 15) is 8.78 Å². The zero-order valence-electron chi connectivity index (χ0n) is 6.40. The first-order valence-corrected chi connectivity index (χ1v) is 4.67. The van der Waals surface area contributed by atoms with Gasteiger partial charge in [-0.25, -0.2) is 8.78 Å². The Labute approximate surface area is 87.2 Å². The summed E-state index contributed by atoms with van der Waals surface area (Å²) >= 11 is 8.65. The monoisotopic (exact) mass is 270 g/mol. The lowest BCUT2D eigenvalue weighted by Crippen LogP contribution is -2.02. The average Bonchev–Trinajstić information content (AvgIpc) is 2.04. The van der Waals surface area contributed by atoms with Crippen molar-refractivity contribution >= 4 is 33.2 Å². The highest BCUT2D eigenvalue weighted by molar-refractivity contribution is 9.10. The van der Waals surface area contributed by atoms with Crippen LogP contribution in [0.15, 0.2) is 10.7 Å². The van der Waals surface area contributed by atoms with E-state index in [1.807, 2.05) is 0 Å². The molecule has 0 saturated carbocycles. The molecule has 1 rings (SSSR count). The predicted molar refractivity (Wildman–Crippen MR) is 50.9 cm³/mol. The lowest BCUT2D eigenvalue weighted by Gasteiger charge is -2.08. The normalized spacial score (nSPS) is 10.8. The van der Waals surface area contributed by atoms with Gasteiger partial charge in [0.2, 0.25) is 0 Å². The summed E-state index contributed by atoms with van der Waals surface area (Å²) in [5, 5.41) is 0. The second-order valence-corrected chi connectivity index (χ2v) is 3.44. The molecule has 1 heterocycles. The lowest BCUT2D eigenvalue weighted by atomic mass is 10.2. The van der Waals surface area contributed by atoms with Crippen LogP contribution in [-0.2, 0) is 5.88 Å². The molecule has 0 aliphatic carbocycles. The fourth-order valence-electron chi connectivity index (χ4n) is 0.867. The van der Waals surface area contributed by atoms with Gasteiger partial charge < -0.3 is 5.73 Å². The van der Waals surface area contributed by atoms with Crippen LogP contribution in [0.3, 0.4) is 0 Å². The smallest absolute Gasteiger partial charge is 0.282 e. The molecule has 2 nitrogen and oxygen atoms in total. The molecule has 0 bridgehead atoms. The van der Waals surface area contributed by atoms with E-state index in [-0.39, 0.29) is 11.6 Å². The molecule has 6 heteroatoms. The van der Waals surface area contributed by atoms with Gasteiger partial charge in [-0.1, -0.05) is 0 Å². The molecule has 0 amide bonds. The third-order valence-corrected chi connectivity index (χ3v) is 2.50. The first-order chi connectivity index (χ1) is 6.07. The van der Waals surface area contributed by atoms with Crippen LogP contribution in [0.25, 0.3) is 0 Å². The second-order valence-electron chi connectivity index (χ2n) is 2.32. The Morgan fingerprint density at radius 2 is 2.23 bits per heavy atom. The van der Waals surface area contributed by atoms with Crippen LogP contribution >= 0.6 is 27.5 Å². The maximum Gasteiger partial charge on any atom is 0.282 e. The molecule has 0 spiro atoms. The van der Waals surface area contributed by atoms with Crippen LogP contribution in [0, 0.1) is 0 Å². The van der Waals surface area contributed by atoms with Crippen molar-refractivity contribution < 1.29 is 8.78 Å². The quantitative estimate of drug-likeness (QED) is 0.840. The fourth-order valence-corrected chi connectivity index (χ4v) is 1.77. The van der Waals surface area contributed by atoms with Gasteiger partial charge in [0.05, 0.1) is 11.6 Å². The van der Waals surface area contributed by atoms with Crippen molar-refractivity contribution in [2.24, 2.45) is 0 Å². The molecule has 0 aliphatic rings. The number of nitrogens with zero attached hydrogens (tertiary/aromatic N) is 1. The molecule has 0 aromatic carbocycles. The largest absolute Gasteiger partial charge is 0.397 e. The summed E-state index contributed by atoms with van der Waals surface area (Å²) < 4.78 is 25.1. The van der Waals surface area contributed by atoms with Crippen molar-refractivity contribution in [3.05, 3.63) is 21.9 Å². The van der Waals surface area contributed by atoms with E-state index < -0.39 is 12.1 Å². The number of anilines is 1. The maximum absolute atomic E-state index is 12.3. The fraction of sp³-hybridized carbons (Fsp3) is 0.286. The molecule has 0 aliphatic heterocycles. The molecule has 0 saturated heterocycles. The number of pyridine rings is 1. The van der Waals surface area contributed by atoms with Gasteiger partial charge in [-0.15, -0.1) is 11.6 Å². The summed E-state index contributed by atoms with van der Waals surface area (Å²) in [6.07, 6.45) is -1.40. The first-order valence-electron chi connectivity index (χ1n) is 3.34. The van der Waals surface area contributed by atoms with Gasteiger partial charge in [0.15, 0.2) is 0 Å². The summed E-state index contributed by atoms with van der Waals surface area (Å²) in [5.41, 5.74) is 5.43. The van der Waals surface area contributed by atoms with Crippen molar-refractivity contribution in [1.82, 2.24) is 4.98 Å². The number of rotatable bonds is 2. The van der Waals surface area contributed by atoms with E-state index >= 15 is 0 Å². The number of nitrogen functional groups attached to an aromatic ring is 1. The zero-order chi connectivity index (χ0) is 10.0. The van der Waals surface area contributed by atoms with Crippen LogP contribution < -0.4 is 5.73 Å². The van der Waals surface area contributed by atoms with E-state index in [2.05, 4.69) is 20.9 Å². The van der Waals surface area contributed by atoms with Crippen LogP contribution in [0.2, 0.25) is 0 Å². The van der Waals surface area contributed by atoms with Crippen molar-refractivity contribution in [3.63, 3.8) is 0 Å². The Bertz CT molecular complexity index is 320. The van der Waals surface area contributed by atoms with Gasteiger partial charge in [-0.3, -0.25) is 4.98 Å². The Morgan fingerprint density at radius 1 is 1.62 bits per heavy atom. The summed E-state index contributed by atoms with van der Waals surface area (Å²) in [6.45, 7) is 0. The topological polar surface area (TPSA) is 38.9 Å². The van der Waals surface area contributed by atoms with E-state index in [1.54, 1.807) is 0 Å². The Kier molecular flexibility index (Phi) is 3.44. The summed E-state index contributed by atoms with van der Waals surface area (Å²) in [6, 6.07) is 0. The van der Waals surface area contributed by atoms with Crippen molar-refractivity contribution in [3.8, 4) is 0 Å². The van der Waals surface area contributed by atoms with Gasteiger partial charge in [-0.05, 0) is 15.9 Å². The van der Waals surface area contributed by atoms with Gasteiger partial charge >= 0.3 is 0 Å². The zero-order valence-corrected chi connectivity index (χ0v) is 8.74. The predicted octanol–water partition coefficient (Wildman–Crippen LogP) is 3.10. The summed E-state index contributed by atoms with van der Waals surface area (Å²) in [4.78, 5) is 3.51. The number of halogens is 4. The molecule has 0 radical (unpaired) electrons. The van der Waals surface area contributed by atoms with Crippen LogP contribution in [0.1, 0.15) is 17.7 Å². The Hall–Kier alpha value is -0.420. The molecular formula is C7H6BrClF2N2. The molecule has 0 unspecified atom stereocenters. The van der Waals surface area contributed by atoms with Gasteiger partial charge in [0, 0.05) is 16.2 Å². The third-order valence-electron chi connectivity index (χ3n) is 1.55. The Balaban J connectivity index is 3.27. The van der Waals surface area contributed by atoms with Crippen LogP contribution in [0.5, 0.6) is 0 Å². The minimum absolute atomic E-state index is 0.0422. The molecular weight excluding hydrogens is 265 g/mol. The van der Waals surface area contributed by atoms with Gasteiger partial charge in [0.1, 0.15) is 5.69 Å². The molecule has 72 valence electrons. The molecule has 1 aromatic heterocycles. The molecule has 0 atom stereocenters. The van der Waals surface area contributed by atoms with Gasteiger partial charge in [-0.2, -0.15) is 0 Å². The number of aromatic nitrogens is 1. The molecule has 0 fully saturated rings. The van der Waals surface area contributed by atoms with E-state index in [0.29, 0.717) is 10.0 Å². The standard InChI is InChI=1S/C7H6BrClF2N2/c8-4-2-13-6(7(10)11)5(12)3(4)1-9/h2,7H,1,12H2. The second kappa shape index (κ2) is 4.19.